The second-order valence-corrected chi connectivity index (χ2v) is 7.03. The number of benzene rings is 1. The van der Waals surface area contributed by atoms with Crippen molar-refractivity contribution in [2.45, 2.75) is 24.9 Å². The molecule has 1 aromatic carbocycles. The quantitative estimate of drug-likeness (QED) is 0.626. The third kappa shape index (κ3) is 4.43. The molecule has 2 aliphatic heterocycles. The maximum atomic E-state index is 12.7. The smallest absolute Gasteiger partial charge is 0.336 e. The van der Waals surface area contributed by atoms with E-state index < -0.39 is 17.9 Å². The Morgan fingerprint density at radius 2 is 1.63 bits per heavy atom. The largest absolute Gasteiger partial charge is 0.493 e. The Morgan fingerprint density at radius 3 is 2.13 bits per heavy atom. The molecule has 0 N–H and O–H groups in total. The summed E-state index contributed by atoms with van der Waals surface area (Å²) in [7, 11) is 5.70. The summed E-state index contributed by atoms with van der Waals surface area (Å²) in [5.41, 5.74) is 1.33. The van der Waals surface area contributed by atoms with E-state index in [0.29, 0.717) is 41.4 Å². The normalized spacial score (nSPS) is 19.1. The summed E-state index contributed by atoms with van der Waals surface area (Å²) in [6.07, 6.45) is 5.38. The molecule has 0 bridgehead atoms. The van der Waals surface area contributed by atoms with Crippen molar-refractivity contribution in [3.8, 4) is 11.5 Å². The third-order valence-corrected chi connectivity index (χ3v) is 5.25. The Bertz CT molecular complexity index is 821. The maximum absolute atomic E-state index is 12.7. The number of nitrogens with zero attached hydrogens (tertiary/aromatic N) is 1. The second kappa shape index (κ2) is 9.67. The van der Waals surface area contributed by atoms with Crippen molar-refractivity contribution in [2.24, 2.45) is 0 Å². The molecule has 30 heavy (non-hydrogen) atoms. The number of hydrogen-bond donors (Lipinski definition) is 0. The number of hydrogen-bond acceptors (Lipinski definition) is 8. The van der Waals surface area contributed by atoms with E-state index in [1.807, 2.05) is 0 Å². The fourth-order valence-corrected chi connectivity index (χ4v) is 3.81. The highest BCUT2D eigenvalue weighted by molar-refractivity contribution is 5.98. The van der Waals surface area contributed by atoms with Gasteiger partial charge in [-0.2, -0.15) is 0 Å². The molecule has 0 saturated carbocycles. The Hall–Kier alpha value is -3.00. The van der Waals surface area contributed by atoms with Gasteiger partial charge in [-0.3, -0.25) is 0 Å². The lowest BCUT2D eigenvalue weighted by atomic mass is 9.83. The lowest BCUT2D eigenvalue weighted by molar-refractivity contribution is -0.137. The van der Waals surface area contributed by atoms with Crippen LogP contribution in [0.2, 0.25) is 0 Å². The Balaban J connectivity index is 2.06. The minimum atomic E-state index is -0.676. The van der Waals surface area contributed by atoms with Gasteiger partial charge < -0.3 is 28.6 Å². The number of esters is 2. The lowest BCUT2D eigenvalue weighted by Crippen LogP contribution is -2.32. The monoisotopic (exact) mass is 417 g/mol. The van der Waals surface area contributed by atoms with Crippen molar-refractivity contribution < 1.29 is 33.3 Å². The summed E-state index contributed by atoms with van der Waals surface area (Å²) in [5, 5.41) is 0. The van der Waals surface area contributed by atoms with Crippen LogP contribution in [0.3, 0.4) is 0 Å². The summed E-state index contributed by atoms with van der Waals surface area (Å²) < 4.78 is 26.4. The molecule has 1 atom stereocenters. The summed E-state index contributed by atoms with van der Waals surface area (Å²) in [5.74, 6) is -0.691. The number of carbonyl (C=O) groups is 2. The molecule has 2 heterocycles. The Morgan fingerprint density at radius 1 is 1.00 bits per heavy atom. The van der Waals surface area contributed by atoms with Crippen molar-refractivity contribution >= 4 is 11.9 Å². The van der Waals surface area contributed by atoms with Crippen molar-refractivity contribution in [3.63, 3.8) is 0 Å². The summed E-state index contributed by atoms with van der Waals surface area (Å²) in [6.45, 7) is 1.24. The second-order valence-electron chi connectivity index (χ2n) is 7.03. The van der Waals surface area contributed by atoms with Crippen LogP contribution in [-0.2, 0) is 23.8 Å². The SMILES string of the molecule is COC(=O)C1=CN(C[C@@H]2CCCO2)C=C(C(=O)OC)C1c1ccc(OC)c(OC)c1. The van der Waals surface area contributed by atoms with E-state index >= 15 is 0 Å². The van der Waals surface area contributed by atoms with E-state index in [1.165, 1.54) is 21.3 Å². The maximum Gasteiger partial charge on any atom is 0.336 e. The van der Waals surface area contributed by atoms with Crippen molar-refractivity contribution in [3.05, 3.63) is 47.3 Å². The van der Waals surface area contributed by atoms with E-state index in [9.17, 15) is 9.59 Å². The average molecular weight is 417 g/mol. The van der Waals surface area contributed by atoms with Crippen LogP contribution in [0.15, 0.2) is 41.7 Å². The first-order chi connectivity index (χ1) is 14.5. The highest BCUT2D eigenvalue weighted by atomic mass is 16.5. The third-order valence-electron chi connectivity index (χ3n) is 5.25. The molecule has 0 unspecified atom stereocenters. The zero-order valence-electron chi connectivity index (χ0n) is 17.7. The number of ether oxygens (including phenoxy) is 5. The molecule has 2 aliphatic rings. The molecular weight excluding hydrogens is 390 g/mol. The average Bonchev–Trinajstić information content (AvgIpc) is 3.29. The highest BCUT2D eigenvalue weighted by Crippen LogP contribution is 2.40. The number of rotatable bonds is 7. The molecule has 0 amide bonds. The fraction of sp³-hybridized carbons (Fsp3) is 0.455. The summed E-state index contributed by atoms with van der Waals surface area (Å²) in [6, 6.07) is 5.26. The van der Waals surface area contributed by atoms with Crippen molar-refractivity contribution in [2.75, 3.05) is 41.6 Å². The van der Waals surface area contributed by atoms with Gasteiger partial charge in [0.15, 0.2) is 11.5 Å². The molecule has 8 nitrogen and oxygen atoms in total. The molecule has 0 aliphatic carbocycles. The number of methoxy groups -OCH3 is 4. The molecule has 162 valence electrons. The lowest BCUT2D eigenvalue weighted by Gasteiger charge is -2.31. The molecule has 3 rings (SSSR count). The van der Waals surface area contributed by atoms with E-state index in [-0.39, 0.29) is 6.10 Å². The molecule has 1 fully saturated rings. The number of carbonyl (C=O) groups excluding carboxylic acids is 2. The standard InChI is InChI=1S/C22H27NO7/c1-26-18-8-7-14(10-19(18)27-2)20-16(21(24)28-3)12-23(11-15-6-5-9-30-15)13-17(20)22(25)29-4/h7-8,10,12-13,15,20H,5-6,9,11H2,1-4H3/t15-/m0/s1. The minimum Gasteiger partial charge on any atom is -0.493 e. The molecule has 0 aromatic heterocycles. The zero-order chi connectivity index (χ0) is 21.7. The van der Waals surface area contributed by atoms with Crippen molar-refractivity contribution in [1.82, 2.24) is 4.90 Å². The van der Waals surface area contributed by atoms with Crippen LogP contribution in [0.1, 0.15) is 24.3 Å². The van der Waals surface area contributed by atoms with Gasteiger partial charge in [0.1, 0.15) is 0 Å². The van der Waals surface area contributed by atoms with E-state index in [0.717, 1.165) is 12.8 Å². The van der Waals surface area contributed by atoms with Crippen LogP contribution in [0.25, 0.3) is 0 Å². The molecule has 8 heteroatoms. The first-order valence-electron chi connectivity index (χ1n) is 9.71. The van der Waals surface area contributed by atoms with Crippen LogP contribution in [0.5, 0.6) is 11.5 Å². The van der Waals surface area contributed by atoms with Gasteiger partial charge in [-0.1, -0.05) is 6.07 Å². The first kappa shape index (κ1) is 21.7. The fourth-order valence-electron chi connectivity index (χ4n) is 3.81. The van der Waals surface area contributed by atoms with E-state index in [4.69, 9.17) is 23.7 Å². The first-order valence-corrected chi connectivity index (χ1v) is 9.71. The van der Waals surface area contributed by atoms with Gasteiger partial charge in [-0.25, -0.2) is 9.59 Å². The van der Waals surface area contributed by atoms with Crippen LogP contribution >= 0.6 is 0 Å². The topological polar surface area (TPSA) is 83.5 Å². The van der Waals surface area contributed by atoms with E-state index in [1.54, 1.807) is 42.6 Å². The molecular formula is C22H27NO7. The van der Waals surface area contributed by atoms with Crippen LogP contribution in [-0.4, -0.2) is 64.5 Å². The molecule has 1 aromatic rings. The Kier molecular flexibility index (Phi) is 6.99. The molecule has 1 saturated heterocycles. The zero-order valence-corrected chi connectivity index (χ0v) is 17.7. The van der Waals surface area contributed by atoms with Crippen LogP contribution in [0.4, 0.5) is 0 Å². The van der Waals surface area contributed by atoms with Gasteiger partial charge in [0, 0.05) is 25.6 Å². The van der Waals surface area contributed by atoms with Gasteiger partial charge in [0.2, 0.25) is 0 Å². The van der Waals surface area contributed by atoms with Crippen LogP contribution in [0, 0.1) is 0 Å². The predicted octanol–water partition coefficient (Wildman–Crippen LogP) is 2.40. The van der Waals surface area contributed by atoms with Crippen LogP contribution < -0.4 is 9.47 Å². The molecule has 0 spiro atoms. The van der Waals surface area contributed by atoms with Crippen molar-refractivity contribution in [1.29, 1.82) is 0 Å². The summed E-state index contributed by atoms with van der Waals surface area (Å²) in [4.78, 5) is 27.2. The van der Waals surface area contributed by atoms with Gasteiger partial charge >= 0.3 is 11.9 Å². The predicted molar refractivity (Wildman–Crippen MR) is 108 cm³/mol. The van der Waals surface area contributed by atoms with Gasteiger partial charge in [0.25, 0.3) is 0 Å². The van der Waals surface area contributed by atoms with E-state index in [2.05, 4.69) is 0 Å². The summed E-state index contributed by atoms with van der Waals surface area (Å²) >= 11 is 0. The highest BCUT2D eigenvalue weighted by Gasteiger charge is 2.36. The van der Waals surface area contributed by atoms with Gasteiger partial charge in [0.05, 0.1) is 51.6 Å². The molecule has 0 radical (unpaired) electrons. The Labute approximate surface area is 176 Å². The van der Waals surface area contributed by atoms with Gasteiger partial charge in [-0.05, 0) is 30.5 Å². The van der Waals surface area contributed by atoms with Gasteiger partial charge in [-0.15, -0.1) is 0 Å². The minimum absolute atomic E-state index is 0.0351.